The molecule has 1 N–H and O–H groups in total. The zero-order valence-corrected chi connectivity index (χ0v) is 14.4. The van der Waals surface area contributed by atoms with E-state index in [1.54, 1.807) is 12.4 Å². The molecule has 2 aromatic heterocycles. The molecule has 2 aliphatic heterocycles. The fourth-order valence-electron chi connectivity index (χ4n) is 4.11. The van der Waals surface area contributed by atoms with Gasteiger partial charge < -0.3 is 5.32 Å². The molecule has 0 unspecified atom stereocenters. The lowest BCUT2D eigenvalue weighted by atomic mass is 9.99. The molecule has 2 aliphatic rings. The maximum Gasteiger partial charge on any atom is 0.253 e. The highest BCUT2D eigenvalue weighted by atomic mass is 16.1. The van der Waals surface area contributed by atoms with E-state index in [-0.39, 0.29) is 18.0 Å². The quantitative estimate of drug-likeness (QED) is 0.940. The van der Waals surface area contributed by atoms with Crippen molar-refractivity contribution in [1.29, 1.82) is 0 Å². The number of nitrogens with one attached hydrogen (secondary N) is 1. The van der Waals surface area contributed by atoms with Gasteiger partial charge in [0.25, 0.3) is 5.91 Å². The molecule has 0 radical (unpaired) electrons. The average Bonchev–Trinajstić information content (AvgIpc) is 3.18. The third-order valence-corrected chi connectivity index (χ3v) is 5.36. The SMILES string of the molecule is CC(C)n1ncc2cc(C(=O)N[C@H]3CCN4CCCC[C@@H]34)cnc21. The minimum Gasteiger partial charge on any atom is -0.348 e. The predicted octanol–water partition coefficient (Wildman–Crippen LogP) is 2.37. The number of piperidine rings is 1. The lowest BCUT2D eigenvalue weighted by Gasteiger charge is -2.32. The molecule has 2 fully saturated rings. The molecular formula is C18H25N5O. The molecule has 0 aromatic carbocycles. The number of aromatic nitrogens is 3. The first kappa shape index (κ1) is 15.6. The molecule has 24 heavy (non-hydrogen) atoms. The maximum atomic E-state index is 12.7. The second-order valence-corrected chi connectivity index (χ2v) is 7.29. The number of amides is 1. The summed E-state index contributed by atoms with van der Waals surface area (Å²) < 4.78 is 1.88. The highest BCUT2D eigenvalue weighted by Gasteiger charge is 2.36. The van der Waals surface area contributed by atoms with Crippen molar-refractivity contribution in [1.82, 2.24) is 25.0 Å². The molecule has 0 bridgehead atoms. The predicted molar refractivity (Wildman–Crippen MR) is 93.0 cm³/mol. The normalized spacial score (nSPS) is 24.5. The van der Waals surface area contributed by atoms with E-state index in [2.05, 4.69) is 34.1 Å². The van der Waals surface area contributed by atoms with Crippen molar-refractivity contribution in [2.75, 3.05) is 13.1 Å². The molecule has 0 spiro atoms. The Hall–Kier alpha value is -1.95. The summed E-state index contributed by atoms with van der Waals surface area (Å²) >= 11 is 0. The zero-order chi connectivity index (χ0) is 16.7. The molecule has 128 valence electrons. The minimum atomic E-state index is -0.0147. The summed E-state index contributed by atoms with van der Waals surface area (Å²) in [5.41, 5.74) is 1.46. The van der Waals surface area contributed by atoms with E-state index in [0.29, 0.717) is 11.6 Å². The Kier molecular flexibility index (Phi) is 4.00. The van der Waals surface area contributed by atoms with Crippen molar-refractivity contribution in [2.45, 2.75) is 57.7 Å². The summed E-state index contributed by atoms with van der Waals surface area (Å²) in [7, 11) is 0. The number of carbonyl (C=O) groups excluding carboxylic acids is 1. The number of fused-ring (bicyclic) bond motifs is 2. The lowest BCUT2D eigenvalue weighted by molar-refractivity contribution is 0.0915. The summed E-state index contributed by atoms with van der Waals surface area (Å²) in [4.78, 5) is 19.7. The Labute approximate surface area is 142 Å². The van der Waals surface area contributed by atoms with Gasteiger partial charge in [-0.15, -0.1) is 0 Å². The van der Waals surface area contributed by atoms with Crippen LogP contribution in [0, 0.1) is 0 Å². The van der Waals surface area contributed by atoms with Gasteiger partial charge in [-0.3, -0.25) is 9.69 Å². The standard InChI is InChI=1S/C18H25N5O/c1-12(2)23-17-13(11-20-23)9-14(10-19-17)18(24)21-15-6-8-22-7-4-3-5-16(15)22/h9-12,15-16H,3-8H2,1-2H3,(H,21,24)/t15-,16-/m0/s1. The molecule has 0 aliphatic carbocycles. The van der Waals surface area contributed by atoms with Gasteiger partial charge in [-0.25, -0.2) is 9.67 Å². The molecule has 6 heteroatoms. The molecule has 0 saturated carbocycles. The molecule has 4 heterocycles. The molecule has 6 nitrogen and oxygen atoms in total. The zero-order valence-electron chi connectivity index (χ0n) is 14.4. The molecule has 2 saturated heterocycles. The van der Waals surface area contributed by atoms with Crippen LogP contribution in [0.4, 0.5) is 0 Å². The van der Waals surface area contributed by atoms with E-state index < -0.39 is 0 Å². The van der Waals surface area contributed by atoms with Gasteiger partial charge in [0, 0.05) is 36.3 Å². The van der Waals surface area contributed by atoms with Crippen LogP contribution >= 0.6 is 0 Å². The number of carbonyl (C=O) groups is 1. The van der Waals surface area contributed by atoms with Crippen LogP contribution in [0.2, 0.25) is 0 Å². The number of hydrogen-bond acceptors (Lipinski definition) is 4. The van der Waals surface area contributed by atoms with Crippen molar-refractivity contribution >= 4 is 16.9 Å². The largest absolute Gasteiger partial charge is 0.348 e. The van der Waals surface area contributed by atoms with Gasteiger partial charge in [0.05, 0.1) is 11.8 Å². The van der Waals surface area contributed by atoms with E-state index >= 15 is 0 Å². The van der Waals surface area contributed by atoms with Crippen LogP contribution in [0.3, 0.4) is 0 Å². The molecule has 4 rings (SSSR count). The Morgan fingerprint density at radius 1 is 1.25 bits per heavy atom. The van der Waals surface area contributed by atoms with Crippen molar-refractivity contribution in [2.24, 2.45) is 0 Å². The lowest BCUT2D eigenvalue weighted by Crippen LogP contribution is -2.46. The van der Waals surface area contributed by atoms with Crippen LogP contribution < -0.4 is 5.32 Å². The summed E-state index contributed by atoms with van der Waals surface area (Å²) in [5.74, 6) is -0.0147. The van der Waals surface area contributed by atoms with Gasteiger partial charge in [0.1, 0.15) is 0 Å². The molecule has 1 amide bonds. The fourth-order valence-corrected chi connectivity index (χ4v) is 4.11. The number of pyridine rings is 1. The first-order chi connectivity index (χ1) is 11.6. The fraction of sp³-hybridized carbons (Fsp3) is 0.611. The number of nitrogens with zero attached hydrogens (tertiary/aromatic N) is 4. The number of hydrogen-bond donors (Lipinski definition) is 1. The van der Waals surface area contributed by atoms with Gasteiger partial charge in [0.15, 0.2) is 5.65 Å². The van der Waals surface area contributed by atoms with Gasteiger partial charge in [0.2, 0.25) is 0 Å². The highest BCUT2D eigenvalue weighted by Crippen LogP contribution is 2.27. The van der Waals surface area contributed by atoms with E-state index in [1.807, 2.05) is 10.7 Å². The average molecular weight is 327 g/mol. The van der Waals surface area contributed by atoms with Gasteiger partial charge >= 0.3 is 0 Å². The molecular weight excluding hydrogens is 302 g/mol. The summed E-state index contributed by atoms with van der Waals surface area (Å²) in [6, 6.07) is 2.94. The topological polar surface area (TPSA) is 63.1 Å². The number of rotatable bonds is 3. The molecule has 2 atom stereocenters. The Morgan fingerprint density at radius 2 is 2.12 bits per heavy atom. The third kappa shape index (κ3) is 2.69. The third-order valence-electron chi connectivity index (χ3n) is 5.36. The van der Waals surface area contributed by atoms with Crippen LogP contribution in [0.25, 0.3) is 11.0 Å². The first-order valence-corrected chi connectivity index (χ1v) is 9.01. The Morgan fingerprint density at radius 3 is 2.96 bits per heavy atom. The van der Waals surface area contributed by atoms with E-state index in [4.69, 9.17) is 0 Å². The first-order valence-electron chi connectivity index (χ1n) is 9.01. The van der Waals surface area contributed by atoms with Crippen LogP contribution in [-0.2, 0) is 0 Å². The summed E-state index contributed by atoms with van der Waals surface area (Å²) in [6.07, 6.45) is 8.27. The minimum absolute atomic E-state index is 0.0147. The van der Waals surface area contributed by atoms with Crippen molar-refractivity contribution < 1.29 is 4.79 Å². The van der Waals surface area contributed by atoms with Gasteiger partial charge in [-0.1, -0.05) is 6.42 Å². The van der Waals surface area contributed by atoms with E-state index in [1.165, 1.54) is 25.8 Å². The summed E-state index contributed by atoms with van der Waals surface area (Å²) in [5, 5.41) is 8.53. The van der Waals surface area contributed by atoms with Gasteiger partial charge in [-0.2, -0.15) is 5.10 Å². The highest BCUT2D eigenvalue weighted by molar-refractivity contribution is 5.97. The van der Waals surface area contributed by atoms with Gasteiger partial charge in [-0.05, 0) is 45.7 Å². The molecule has 2 aromatic rings. The van der Waals surface area contributed by atoms with Crippen molar-refractivity contribution in [3.8, 4) is 0 Å². The van der Waals surface area contributed by atoms with E-state index in [9.17, 15) is 4.79 Å². The Bertz CT molecular complexity index is 753. The van der Waals surface area contributed by atoms with Crippen molar-refractivity contribution in [3.63, 3.8) is 0 Å². The maximum absolute atomic E-state index is 12.7. The second-order valence-electron chi connectivity index (χ2n) is 7.29. The van der Waals surface area contributed by atoms with Crippen LogP contribution in [0.1, 0.15) is 55.9 Å². The second kappa shape index (κ2) is 6.16. The van der Waals surface area contributed by atoms with E-state index in [0.717, 1.165) is 24.0 Å². The van der Waals surface area contributed by atoms with Crippen LogP contribution in [0.15, 0.2) is 18.5 Å². The monoisotopic (exact) mass is 327 g/mol. The Balaban J connectivity index is 1.51. The summed E-state index contributed by atoms with van der Waals surface area (Å²) in [6.45, 7) is 6.43. The van der Waals surface area contributed by atoms with Crippen LogP contribution in [0.5, 0.6) is 0 Å². The van der Waals surface area contributed by atoms with Crippen LogP contribution in [-0.4, -0.2) is 50.7 Å². The van der Waals surface area contributed by atoms with Crippen molar-refractivity contribution in [3.05, 3.63) is 24.0 Å². The smallest absolute Gasteiger partial charge is 0.253 e.